The lowest BCUT2D eigenvalue weighted by Gasteiger charge is -2.09. The van der Waals surface area contributed by atoms with Crippen molar-refractivity contribution in [2.75, 3.05) is 0 Å². The van der Waals surface area contributed by atoms with Crippen LogP contribution in [0.15, 0.2) is 71.3 Å². The number of amides is 1. The molecule has 0 saturated heterocycles. The van der Waals surface area contributed by atoms with Crippen LogP contribution in [0.5, 0.6) is 0 Å². The standard InChI is InChI=1S/C25H21BrF3N5O/c26-21-23(17-11-12-17)34(32-24(21)25(27,28)29)15-20(35)30-13-18-14-33(19-9-5-2-6-10-19)31-22(18)16-7-3-1-4-8-16/h1-10,14,17H,11-13,15H2,(H,30,35). The molecule has 1 aliphatic carbocycles. The number of halogens is 4. The van der Waals surface area contributed by atoms with Crippen molar-refractivity contribution in [3.8, 4) is 16.9 Å². The third kappa shape index (κ3) is 5.02. The van der Waals surface area contributed by atoms with Gasteiger partial charge >= 0.3 is 6.18 Å². The summed E-state index contributed by atoms with van der Waals surface area (Å²) < 4.78 is 42.9. The fraction of sp³-hybridized carbons (Fsp3) is 0.240. The zero-order chi connectivity index (χ0) is 24.6. The average Bonchev–Trinajstić information content (AvgIpc) is 3.49. The molecule has 10 heteroatoms. The van der Waals surface area contributed by atoms with Crippen LogP contribution in [-0.4, -0.2) is 25.5 Å². The molecule has 4 aromatic rings. The van der Waals surface area contributed by atoms with Gasteiger partial charge in [-0.1, -0.05) is 48.5 Å². The summed E-state index contributed by atoms with van der Waals surface area (Å²) in [5.41, 5.74) is 2.70. The second-order valence-corrected chi connectivity index (χ2v) is 9.20. The van der Waals surface area contributed by atoms with Gasteiger partial charge in [-0.2, -0.15) is 23.4 Å². The maximum atomic E-state index is 13.4. The first-order valence-electron chi connectivity index (χ1n) is 11.1. The van der Waals surface area contributed by atoms with Gasteiger partial charge in [0.2, 0.25) is 5.91 Å². The molecule has 35 heavy (non-hydrogen) atoms. The molecule has 0 atom stereocenters. The van der Waals surface area contributed by atoms with Gasteiger partial charge in [-0.15, -0.1) is 0 Å². The van der Waals surface area contributed by atoms with Gasteiger partial charge in [0, 0.05) is 29.8 Å². The highest BCUT2D eigenvalue weighted by atomic mass is 79.9. The molecule has 5 rings (SSSR count). The molecule has 6 nitrogen and oxygen atoms in total. The van der Waals surface area contributed by atoms with E-state index in [1.165, 1.54) is 4.68 Å². The van der Waals surface area contributed by atoms with Crippen molar-refractivity contribution in [1.82, 2.24) is 24.9 Å². The number of para-hydroxylation sites is 1. The number of nitrogens with one attached hydrogen (secondary N) is 1. The molecule has 0 unspecified atom stereocenters. The molecule has 1 N–H and O–H groups in total. The lowest BCUT2D eigenvalue weighted by atomic mass is 10.1. The first kappa shape index (κ1) is 23.3. The van der Waals surface area contributed by atoms with E-state index in [0.717, 1.165) is 35.3 Å². The van der Waals surface area contributed by atoms with Crippen molar-refractivity contribution in [3.05, 3.63) is 88.3 Å². The number of carbonyl (C=O) groups is 1. The van der Waals surface area contributed by atoms with Gasteiger partial charge in [-0.3, -0.25) is 9.48 Å². The number of aromatic nitrogens is 4. The summed E-state index contributed by atoms with van der Waals surface area (Å²) >= 11 is 3.06. The van der Waals surface area contributed by atoms with Crippen LogP contribution in [0.3, 0.4) is 0 Å². The Kier molecular flexibility index (Phi) is 6.22. The zero-order valence-corrected chi connectivity index (χ0v) is 20.1. The quantitative estimate of drug-likeness (QED) is 0.324. The van der Waals surface area contributed by atoms with Crippen molar-refractivity contribution in [1.29, 1.82) is 0 Å². The van der Waals surface area contributed by atoms with Crippen LogP contribution in [0.4, 0.5) is 13.2 Å². The predicted molar refractivity (Wildman–Crippen MR) is 128 cm³/mol. The topological polar surface area (TPSA) is 64.7 Å². The summed E-state index contributed by atoms with van der Waals surface area (Å²) in [5.74, 6) is -0.448. The molecule has 0 spiro atoms. The highest BCUT2D eigenvalue weighted by Crippen LogP contribution is 2.46. The Morgan fingerprint density at radius 2 is 1.69 bits per heavy atom. The average molecular weight is 544 g/mol. The third-order valence-electron chi connectivity index (χ3n) is 5.79. The number of rotatable bonds is 7. The Labute approximate surface area is 207 Å². The minimum atomic E-state index is -4.60. The van der Waals surface area contributed by atoms with Crippen molar-refractivity contribution in [3.63, 3.8) is 0 Å². The van der Waals surface area contributed by atoms with Crippen LogP contribution >= 0.6 is 15.9 Å². The molecule has 1 amide bonds. The SMILES string of the molecule is O=C(Cn1nc(C(F)(F)F)c(Br)c1C1CC1)NCc1cn(-c2ccccc2)nc1-c1ccccc1. The minimum Gasteiger partial charge on any atom is -0.350 e. The first-order valence-corrected chi connectivity index (χ1v) is 11.9. The fourth-order valence-corrected chi connectivity index (χ4v) is 4.81. The molecule has 2 aromatic heterocycles. The molecular weight excluding hydrogens is 523 g/mol. The highest BCUT2D eigenvalue weighted by Gasteiger charge is 2.42. The van der Waals surface area contributed by atoms with Crippen molar-refractivity contribution < 1.29 is 18.0 Å². The number of carbonyl (C=O) groups excluding carboxylic acids is 1. The molecule has 180 valence electrons. The maximum Gasteiger partial charge on any atom is 0.436 e. The summed E-state index contributed by atoms with van der Waals surface area (Å²) in [5, 5.41) is 11.3. The largest absolute Gasteiger partial charge is 0.436 e. The first-order chi connectivity index (χ1) is 16.8. The fourth-order valence-electron chi connectivity index (χ4n) is 3.98. The van der Waals surface area contributed by atoms with E-state index >= 15 is 0 Å². The van der Waals surface area contributed by atoms with Crippen LogP contribution in [0.1, 0.15) is 35.7 Å². The Balaban J connectivity index is 1.37. The molecule has 1 fully saturated rings. The molecule has 2 heterocycles. The van der Waals surface area contributed by atoms with Gasteiger partial charge in [0.1, 0.15) is 6.54 Å². The van der Waals surface area contributed by atoms with E-state index < -0.39 is 17.8 Å². The van der Waals surface area contributed by atoms with Crippen LogP contribution < -0.4 is 5.32 Å². The van der Waals surface area contributed by atoms with Crippen molar-refractivity contribution in [2.24, 2.45) is 0 Å². The number of hydrogen-bond acceptors (Lipinski definition) is 3. The maximum absolute atomic E-state index is 13.4. The smallest absolute Gasteiger partial charge is 0.350 e. The monoisotopic (exact) mass is 543 g/mol. The number of alkyl halides is 3. The Morgan fingerprint density at radius 3 is 2.31 bits per heavy atom. The molecule has 0 radical (unpaired) electrons. The lowest BCUT2D eigenvalue weighted by molar-refractivity contribution is -0.142. The predicted octanol–water partition coefficient (Wildman–Crippen LogP) is 5.71. The molecule has 0 bridgehead atoms. The molecule has 0 aliphatic heterocycles. The molecule has 1 saturated carbocycles. The van der Waals surface area contributed by atoms with E-state index in [1.54, 1.807) is 4.68 Å². The second kappa shape index (κ2) is 9.33. The van der Waals surface area contributed by atoms with E-state index in [-0.39, 0.29) is 23.5 Å². The third-order valence-corrected chi connectivity index (χ3v) is 6.57. The Morgan fingerprint density at radius 1 is 1.03 bits per heavy atom. The van der Waals surface area contributed by atoms with E-state index in [2.05, 4.69) is 26.3 Å². The van der Waals surface area contributed by atoms with Crippen molar-refractivity contribution in [2.45, 2.75) is 38.0 Å². The van der Waals surface area contributed by atoms with Gasteiger partial charge in [0.05, 0.1) is 21.5 Å². The molecule has 2 aromatic carbocycles. The van der Waals surface area contributed by atoms with E-state index in [1.807, 2.05) is 66.9 Å². The van der Waals surface area contributed by atoms with E-state index in [0.29, 0.717) is 5.69 Å². The van der Waals surface area contributed by atoms with Crippen LogP contribution in [0.25, 0.3) is 16.9 Å². The summed E-state index contributed by atoms with van der Waals surface area (Å²) in [6, 6.07) is 19.2. The summed E-state index contributed by atoms with van der Waals surface area (Å²) in [6.45, 7) is -0.128. The van der Waals surface area contributed by atoms with Crippen LogP contribution in [-0.2, 0) is 24.1 Å². The molecular formula is C25H21BrF3N5O. The summed E-state index contributed by atoms with van der Waals surface area (Å²) in [7, 11) is 0. The Bertz CT molecular complexity index is 1340. The highest BCUT2D eigenvalue weighted by molar-refractivity contribution is 9.10. The van der Waals surface area contributed by atoms with Gasteiger partial charge < -0.3 is 5.32 Å². The number of nitrogens with zero attached hydrogens (tertiary/aromatic N) is 4. The lowest BCUT2D eigenvalue weighted by Crippen LogP contribution is -2.28. The summed E-state index contributed by atoms with van der Waals surface area (Å²) in [6.07, 6.45) is -1.19. The van der Waals surface area contributed by atoms with Crippen molar-refractivity contribution >= 4 is 21.8 Å². The Hall–Kier alpha value is -3.40. The van der Waals surface area contributed by atoms with Gasteiger partial charge in [-0.25, -0.2) is 4.68 Å². The van der Waals surface area contributed by atoms with Crippen LogP contribution in [0, 0.1) is 0 Å². The normalized spacial score (nSPS) is 13.7. The van der Waals surface area contributed by atoms with E-state index in [9.17, 15) is 18.0 Å². The minimum absolute atomic E-state index is 0.0189. The van der Waals surface area contributed by atoms with Gasteiger partial charge in [0.15, 0.2) is 5.69 Å². The zero-order valence-electron chi connectivity index (χ0n) is 18.5. The molecule has 1 aliphatic rings. The van der Waals surface area contributed by atoms with E-state index in [4.69, 9.17) is 5.10 Å². The second-order valence-electron chi connectivity index (χ2n) is 8.40. The summed E-state index contributed by atoms with van der Waals surface area (Å²) in [4.78, 5) is 12.8. The van der Waals surface area contributed by atoms with Gasteiger partial charge in [-0.05, 0) is 40.9 Å². The number of hydrogen-bond donors (Lipinski definition) is 1. The van der Waals surface area contributed by atoms with Gasteiger partial charge in [0.25, 0.3) is 0 Å². The van der Waals surface area contributed by atoms with Crippen LogP contribution in [0.2, 0.25) is 0 Å². The number of benzene rings is 2.